The van der Waals surface area contributed by atoms with Crippen molar-refractivity contribution in [1.29, 1.82) is 0 Å². The number of hydrogen-bond acceptors (Lipinski definition) is 6. The molecule has 2 heterocycles. The molecule has 0 N–H and O–H groups in total. The Morgan fingerprint density at radius 3 is 2.61 bits per heavy atom. The Morgan fingerprint density at radius 1 is 1.39 bits per heavy atom. The first-order chi connectivity index (χ1) is 8.65. The standard InChI is InChI=1S/C12H19N3O2S/c1-4-14-5-7-15(8-6-14)12-13-10(9(2)18-12)11(16)17-3/h4-8H2,1-3H3. The van der Waals surface area contributed by atoms with Crippen LogP contribution in [0.4, 0.5) is 5.13 Å². The highest BCUT2D eigenvalue weighted by Gasteiger charge is 2.22. The maximum Gasteiger partial charge on any atom is 0.357 e. The number of anilines is 1. The van der Waals surface area contributed by atoms with Crippen molar-refractivity contribution >= 4 is 22.4 Å². The number of ether oxygens (including phenoxy) is 1. The molecule has 5 nitrogen and oxygen atoms in total. The Labute approximate surface area is 111 Å². The molecule has 2 rings (SSSR count). The summed E-state index contributed by atoms with van der Waals surface area (Å²) in [5.41, 5.74) is 0.454. The molecule has 1 aromatic rings. The van der Waals surface area contributed by atoms with Gasteiger partial charge in [-0.2, -0.15) is 0 Å². The van der Waals surface area contributed by atoms with Crippen molar-refractivity contribution in [2.45, 2.75) is 13.8 Å². The molecule has 1 saturated heterocycles. The molecule has 0 spiro atoms. The first kappa shape index (κ1) is 13.3. The number of rotatable bonds is 3. The molecule has 0 atom stereocenters. The van der Waals surface area contributed by atoms with E-state index in [2.05, 4.69) is 21.7 Å². The molecule has 1 aliphatic rings. The van der Waals surface area contributed by atoms with E-state index in [9.17, 15) is 4.79 Å². The number of piperazine rings is 1. The third-order valence-corrected chi connectivity index (χ3v) is 4.29. The third-order valence-electron chi connectivity index (χ3n) is 3.25. The molecule has 6 heteroatoms. The summed E-state index contributed by atoms with van der Waals surface area (Å²) in [4.78, 5) is 21.5. The highest BCUT2D eigenvalue weighted by Crippen LogP contribution is 2.26. The molecule has 0 unspecified atom stereocenters. The zero-order valence-corrected chi connectivity index (χ0v) is 11.9. The Kier molecular flexibility index (Phi) is 4.19. The summed E-state index contributed by atoms with van der Waals surface area (Å²) in [7, 11) is 1.39. The molecule has 0 saturated carbocycles. The zero-order valence-electron chi connectivity index (χ0n) is 11.1. The predicted molar refractivity (Wildman–Crippen MR) is 72.5 cm³/mol. The van der Waals surface area contributed by atoms with Crippen molar-refractivity contribution in [3.63, 3.8) is 0 Å². The van der Waals surface area contributed by atoms with Crippen LogP contribution in [0, 0.1) is 6.92 Å². The van der Waals surface area contributed by atoms with E-state index in [-0.39, 0.29) is 5.97 Å². The average molecular weight is 269 g/mol. The van der Waals surface area contributed by atoms with Crippen molar-refractivity contribution in [1.82, 2.24) is 9.88 Å². The second-order valence-electron chi connectivity index (χ2n) is 4.31. The number of esters is 1. The Morgan fingerprint density at radius 2 is 2.06 bits per heavy atom. The number of thiazole rings is 1. The van der Waals surface area contributed by atoms with E-state index in [0.717, 1.165) is 42.7 Å². The number of aromatic nitrogens is 1. The summed E-state index contributed by atoms with van der Waals surface area (Å²) < 4.78 is 4.73. The number of aryl methyl sites for hydroxylation is 1. The monoisotopic (exact) mass is 269 g/mol. The summed E-state index contributed by atoms with van der Waals surface area (Å²) >= 11 is 1.57. The minimum atomic E-state index is -0.345. The molecular formula is C12H19N3O2S. The summed E-state index contributed by atoms with van der Waals surface area (Å²) in [5, 5.41) is 0.934. The zero-order chi connectivity index (χ0) is 13.1. The van der Waals surface area contributed by atoms with Gasteiger partial charge in [0.1, 0.15) is 0 Å². The van der Waals surface area contributed by atoms with Gasteiger partial charge in [0, 0.05) is 31.1 Å². The highest BCUT2D eigenvalue weighted by atomic mass is 32.1. The van der Waals surface area contributed by atoms with Crippen LogP contribution < -0.4 is 4.90 Å². The van der Waals surface area contributed by atoms with E-state index in [1.807, 2.05) is 6.92 Å². The van der Waals surface area contributed by atoms with Crippen molar-refractivity contribution in [3.05, 3.63) is 10.6 Å². The second kappa shape index (κ2) is 5.67. The predicted octanol–water partition coefficient (Wildman–Crippen LogP) is 1.38. The molecule has 1 aliphatic heterocycles. The first-order valence-corrected chi connectivity index (χ1v) is 7.00. The lowest BCUT2D eigenvalue weighted by molar-refractivity contribution is 0.0594. The third kappa shape index (κ3) is 2.64. The van der Waals surface area contributed by atoms with Gasteiger partial charge in [0.2, 0.25) is 0 Å². The molecular weight excluding hydrogens is 250 g/mol. The van der Waals surface area contributed by atoms with Crippen LogP contribution in [0.2, 0.25) is 0 Å². The SMILES string of the molecule is CCN1CCN(c2nc(C(=O)OC)c(C)s2)CC1. The van der Waals surface area contributed by atoms with Crippen molar-refractivity contribution in [2.75, 3.05) is 44.7 Å². The molecule has 0 bridgehead atoms. The lowest BCUT2D eigenvalue weighted by atomic mass is 10.3. The van der Waals surface area contributed by atoms with Crippen LogP contribution >= 0.6 is 11.3 Å². The highest BCUT2D eigenvalue weighted by molar-refractivity contribution is 7.15. The van der Waals surface area contributed by atoms with E-state index in [4.69, 9.17) is 4.74 Å². The molecule has 1 aromatic heterocycles. The number of hydrogen-bond donors (Lipinski definition) is 0. The molecule has 0 amide bonds. The number of carbonyl (C=O) groups excluding carboxylic acids is 1. The second-order valence-corrected chi connectivity index (χ2v) is 5.50. The Bertz CT molecular complexity index is 425. The van der Waals surface area contributed by atoms with Gasteiger partial charge in [-0.25, -0.2) is 9.78 Å². The van der Waals surface area contributed by atoms with Crippen LogP contribution in [0.15, 0.2) is 0 Å². The maximum absolute atomic E-state index is 11.5. The summed E-state index contributed by atoms with van der Waals surface area (Å²) in [6, 6.07) is 0. The van der Waals surface area contributed by atoms with Gasteiger partial charge in [-0.3, -0.25) is 0 Å². The van der Waals surface area contributed by atoms with Crippen LogP contribution in [-0.4, -0.2) is 55.7 Å². The molecule has 0 aromatic carbocycles. The maximum atomic E-state index is 11.5. The lowest BCUT2D eigenvalue weighted by Gasteiger charge is -2.33. The fraction of sp³-hybridized carbons (Fsp3) is 0.667. The van der Waals surface area contributed by atoms with Gasteiger partial charge in [-0.1, -0.05) is 6.92 Å². The van der Waals surface area contributed by atoms with Crippen molar-refractivity contribution in [2.24, 2.45) is 0 Å². The van der Waals surface area contributed by atoms with Crippen molar-refractivity contribution in [3.8, 4) is 0 Å². The molecule has 0 radical (unpaired) electrons. The number of carbonyl (C=O) groups is 1. The van der Waals surface area contributed by atoms with Crippen LogP contribution in [0.1, 0.15) is 22.3 Å². The van der Waals surface area contributed by atoms with Crippen molar-refractivity contribution < 1.29 is 9.53 Å². The minimum absolute atomic E-state index is 0.345. The fourth-order valence-corrected chi connectivity index (χ4v) is 3.01. The van der Waals surface area contributed by atoms with Gasteiger partial charge in [0.05, 0.1) is 7.11 Å². The van der Waals surface area contributed by atoms with E-state index in [1.165, 1.54) is 7.11 Å². The van der Waals surface area contributed by atoms with Gasteiger partial charge in [-0.15, -0.1) is 11.3 Å². The van der Waals surface area contributed by atoms with Crippen LogP contribution in [-0.2, 0) is 4.74 Å². The topological polar surface area (TPSA) is 45.7 Å². The van der Waals surface area contributed by atoms with Gasteiger partial charge in [0.25, 0.3) is 0 Å². The first-order valence-electron chi connectivity index (χ1n) is 6.18. The number of nitrogens with zero attached hydrogens (tertiary/aromatic N) is 3. The Balaban J connectivity index is 2.08. The minimum Gasteiger partial charge on any atom is -0.464 e. The molecule has 1 fully saturated rings. The molecule has 0 aliphatic carbocycles. The summed E-state index contributed by atoms with van der Waals surface area (Å²) in [5.74, 6) is -0.345. The van der Waals surface area contributed by atoms with Gasteiger partial charge in [0.15, 0.2) is 10.8 Å². The van der Waals surface area contributed by atoms with Crippen LogP contribution in [0.5, 0.6) is 0 Å². The van der Waals surface area contributed by atoms with Gasteiger partial charge < -0.3 is 14.5 Å². The number of likely N-dealkylation sites (N-methyl/N-ethyl adjacent to an activating group) is 1. The number of methoxy groups -OCH3 is 1. The van der Waals surface area contributed by atoms with E-state index < -0.39 is 0 Å². The van der Waals surface area contributed by atoms with Crippen LogP contribution in [0.25, 0.3) is 0 Å². The summed E-state index contributed by atoms with van der Waals surface area (Å²) in [6.07, 6.45) is 0. The van der Waals surface area contributed by atoms with Gasteiger partial charge in [-0.05, 0) is 13.5 Å². The Hall–Kier alpha value is -1.14. The average Bonchev–Trinajstić information content (AvgIpc) is 2.80. The quantitative estimate of drug-likeness (QED) is 0.776. The van der Waals surface area contributed by atoms with Gasteiger partial charge >= 0.3 is 5.97 Å². The van der Waals surface area contributed by atoms with Crippen LogP contribution in [0.3, 0.4) is 0 Å². The molecule has 100 valence electrons. The smallest absolute Gasteiger partial charge is 0.357 e. The largest absolute Gasteiger partial charge is 0.464 e. The summed E-state index contributed by atoms with van der Waals surface area (Å²) in [6.45, 7) is 9.25. The van der Waals surface area contributed by atoms with E-state index in [1.54, 1.807) is 11.3 Å². The lowest BCUT2D eigenvalue weighted by Crippen LogP contribution is -2.46. The van der Waals surface area contributed by atoms with E-state index in [0.29, 0.717) is 5.69 Å². The molecule has 18 heavy (non-hydrogen) atoms. The van der Waals surface area contributed by atoms with E-state index >= 15 is 0 Å². The normalized spacial score (nSPS) is 16.9. The fourth-order valence-electron chi connectivity index (χ4n) is 2.06.